The van der Waals surface area contributed by atoms with Gasteiger partial charge in [0.2, 0.25) is 5.91 Å². The molecular formula is C64H112N2O7P+. The van der Waals surface area contributed by atoms with E-state index in [0.29, 0.717) is 23.9 Å². The fraction of sp³-hybridized carbons (Fsp3) is 0.688. The summed E-state index contributed by atoms with van der Waals surface area (Å²) in [5, 5.41) is 3.02. The van der Waals surface area contributed by atoms with E-state index in [1.165, 1.54) is 70.6 Å². The van der Waals surface area contributed by atoms with Crippen molar-refractivity contribution < 1.29 is 37.3 Å². The Morgan fingerprint density at radius 1 is 0.486 bits per heavy atom. The second-order valence-electron chi connectivity index (χ2n) is 20.8. The van der Waals surface area contributed by atoms with Crippen LogP contribution in [0.5, 0.6) is 0 Å². The second kappa shape index (κ2) is 53.1. The van der Waals surface area contributed by atoms with Crippen molar-refractivity contribution in [3.05, 3.63) is 109 Å². The van der Waals surface area contributed by atoms with Crippen molar-refractivity contribution >= 4 is 19.7 Å². The standard InChI is InChI=1S/C64H111N2O7P/c1-7-10-13-16-19-22-25-27-29-31-32-33-34-35-37-39-42-45-48-51-54-57-64(68)73-62(55-52-49-46-43-40-24-21-18-15-12-9-3)61(60-72-74(69,70)71-59-58-66(4,5)6)65-63(67)56-53-50-47-44-41-38-36-30-28-26-23-20-17-14-11-8-2/h11,14,19-20,22-23,27-30,32-33,35,37-38,41,52,55,61-62H,7-10,12-13,15-18,21,24-26,31,34,36,39-40,42-51,53-54,56-60H2,1-6H3,(H-,65,67,69,70)/p+1/b14-11+,22-19-,23-20+,29-27-,30-28+,33-32-,37-35-,41-38+,55-52+. The van der Waals surface area contributed by atoms with Crippen molar-refractivity contribution in [3.8, 4) is 0 Å². The SMILES string of the molecule is CC/C=C/C/C=C/C/C=C/C/C=C/CCCCCC(=O)NC(COP(=O)(O)OCC[N+](C)(C)C)C(/C=C/CCCCCCCCCCC)OC(=O)CCCCCCC/C=C\C/C=C\C/C=C\C/C=C\CCCCC. The molecule has 0 saturated heterocycles. The van der Waals surface area contributed by atoms with Gasteiger partial charge in [-0.2, -0.15) is 0 Å². The number of unbranched alkanes of at least 4 members (excludes halogenated alkanes) is 20. The first-order valence-electron chi connectivity index (χ1n) is 29.7. The third-order valence-electron chi connectivity index (χ3n) is 12.4. The van der Waals surface area contributed by atoms with Crippen LogP contribution in [0.3, 0.4) is 0 Å². The predicted molar refractivity (Wildman–Crippen MR) is 318 cm³/mol. The van der Waals surface area contributed by atoms with Gasteiger partial charge >= 0.3 is 13.8 Å². The summed E-state index contributed by atoms with van der Waals surface area (Å²) in [6.45, 7) is 6.80. The highest BCUT2D eigenvalue weighted by Crippen LogP contribution is 2.43. The highest BCUT2D eigenvalue weighted by atomic mass is 31.2. The molecular weight excluding hydrogens is 940 g/mol. The van der Waals surface area contributed by atoms with Crippen LogP contribution < -0.4 is 5.32 Å². The first kappa shape index (κ1) is 70.7. The van der Waals surface area contributed by atoms with Crippen LogP contribution in [0.25, 0.3) is 0 Å². The number of ether oxygens (including phenoxy) is 1. The van der Waals surface area contributed by atoms with E-state index in [-0.39, 0.29) is 37.9 Å². The van der Waals surface area contributed by atoms with Gasteiger partial charge < -0.3 is 19.4 Å². The number of quaternary nitrogens is 1. The molecule has 0 aliphatic heterocycles. The van der Waals surface area contributed by atoms with Gasteiger partial charge in [-0.1, -0.05) is 214 Å². The zero-order chi connectivity index (χ0) is 54.3. The fourth-order valence-corrected chi connectivity index (χ4v) is 8.59. The molecule has 9 nitrogen and oxygen atoms in total. The molecule has 0 aliphatic carbocycles. The quantitative estimate of drug-likeness (QED) is 0.0205. The van der Waals surface area contributed by atoms with Crippen LogP contribution in [0.4, 0.5) is 0 Å². The predicted octanol–water partition coefficient (Wildman–Crippen LogP) is 18.2. The van der Waals surface area contributed by atoms with Gasteiger partial charge in [-0.3, -0.25) is 18.6 Å². The van der Waals surface area contributed by atoms with E-state index in [2.05, 4.69) is 123 Å². The van der Waals surface area contributed by atoms with Crippen molar-refractivity contribution in [1.29, 1.82) is 0 Å². The normalized spacial score (nSPS) is 14.5. The minimum atomic E-state index is -4.47. The Labute approximate surface area is 455 Å². The molecule has 0 aromatic heterocycles. The molecule has 0 aromatic rings. The summed E-state index contributed by atoms with van der Waals surface area (Å²) in [4.78, 5) is 37.6. The molecule has 10 heteroatoms. The van der Waals surface area contributed by atoms with Crippen LogP contribution in [-0.4, -0.2) is 74.3 Å². The molecule has 0 rings (SSSR count). The van der Waals surface area contributed by atoms with Crippen LogP contribution in [0, 0.1) is 0 Å². The fourth-order valence-electron chi connectivity index (χ4n) is 7.85. The number of nitrogens with one attached hydrogen (secondary N) is 1. The average molecular weight is 1050 g/mol. The third-order valence-corrected chi connectivity index (χ3v) is 13.4. The lowest BCUT2D eigenvalue weighted by Gasteiger charge is -2.27. The number of hydrogen-bond donors (Lipinski definition) is 2. The van der Waals surface area contributed by atoms with Crippen molar-refractivity contribution in [3.63, 3.8) is 0 Å². The maximum atomic E-state index is 13.5. The van der Waals surface area contributed by atoms with Gasteiger partial charge in [-0.25, -0.2) is 4.57 Å². The lowest BCUT2D eigenvalue weighted by Crippen LogP contribution is -2.47. The molecule has 424 valence electrons. The van der Waals surface area contributed by atoms with Crippen LogP contribution in [0.15, 0.2) is 109 Å². The van der Waals surface area contributed by atoms with E-state index in [1.54, 1.807) is 0 Å². The number of phosphoric acid groups is 1. The molecule has 2 N–H and O–H groups in total. The average Bonchev–Trinajstić information content (AvgIpc) is 3.36. The van der Waals surface area contributed by atoms with E-state index in [9.17, 15) is 19.0 Å². The number of carbonyl (C=O) groups is 2. The maximum absolute atomic E-state index is 13.5. The van der Waals surface area contributed by atoms with E-state index in [1.807, 2.05) is 33.3 Å². The summed E-state index contributed by atoms with van der Waals surface area (Å²) in [5.41, 5.74) is 0. The lowest BCUT2D eigenvalue weighted by atomic mass is 10.1. The highest BCUT2D eigenvalue weighted by molar-refractivity contribution is 7.47. The number of carbonyl (C=O) groups excluding carboxylic acids is 2. The Balaban J connectivity index is 5.36. The van der Waals surface area contributed by atoms with Crippen LogP contribution in [-0.2, 0) is 27.9 Å². The Morgan fingerprint density at radius 2 is 0.865 bits per heavy atom. The van der Waals surface area contributed by atoms with E-state index < -0.39 is 20.0 Å². The Kier molecular flexibility index (Phi) is 50.7. The summed E-state index contributed by atoms with van der Waals surface area (Å²) in [6, 6.07) is -0.879. The molecule has 74 heavy (non-hydrogen) atoms. The van der Waals surface area contributed by atoms with Crippen LogP contribution in [0.2, 0.25) is 0 Å². The third kappa shape index (κ3) is 53.5. The van der Waals surface area contributed by atoms with Gasteiger partial charge in [0.05, 0.1) is 33.8 Å². The highest BCUT2D eigenvalue weighted by Gasteiger charge is 2.30. The van der Waals surface area contributed by atoms with Crippen LogP contribution in [0.1, 0.15) is 233 Å². The van der Waals surface area contributed by atoms with Gasteiger partial charge in [-0.15, -0.1) is 0 Å². The zero-order valence-corrected chi connectivity index (χ0v) is 49.2. The Bertz CT molecular complexity index is 1640. The number of hydrogen-bond acceptors (Lipinski definition) is 6. The number of likely N-dealkylation sites (N-methyl/N-ethyl adjacent to an activating group) is 1. The molecule has 0 aromatic carbocycles. The van der Waals surface area contributed by atoms with Gasteiger partial charge in [0.25, 0.3) is 0 Å². The maximum Gasteiger partial charge on any atom is 0.472 e. The smallest absolute Gasteiger partial charge is 0.456 e. The Morgan fingerprint density at radius 3 is 1.34 bits per heavy atom. The monoisotopic (exact) mass is 1050 g/mol. The first-order chi connectivity index (χ1) is 35.9. The number of amides is 1. The largest absolute Gasteiger partial charge is 0.472 e. The van der Waals surface area contributed by atoms with Crippen molar-refractivity contribution in [2.24, 2.45) is 0 Å². The molecule has 0 saturated carbocycles. The van der Waals surface area contributed by atoms with E-state index >= 15 is 0 Å². The first-order valence-corrected chi connectivity index (χ1v) is 31.2. The van der Waals surface area contributed by atoms with Crippen molar-refractivity contribution in [2.45, 2.75) is 245 Å². The zero-order valence-electron chi connectivity index (χ0n) is 48.3. The summed E-state index contributed by atoms with van der Waals surface area (Å²) in [6.07, 6.45) is 72.3. The molecule has 0 heterocycles. The molecule has 3 unspecified atom stereocenters. The van der Waals surface area contributed by atoms with Crippen molar-refractivity contribution in [2.75, 3.05) is 40.9 Å². The molecule has 0 radical (unpaired) electrons. The second-order valence-corrected chi connectivity index (χ2v) is 22.2. The lowest BCUT2D eigenvalue weighted by molar-refractivity contribution is -0.870. The number of rotatable bonds is 52. The van der Waals surface area contributed by atoms with E-state index in [0.717, 1.165) is 116 Å². The number of phosphoric ester groups is 1. The minimum Gasteiger partial charge on any atom is -0.456 e. The summed E-state index contributed by atoms with van der Waals surface area (Å²) in [7, 11) is 1.45. The number of nitrogens with zero attached hydrogens (tertiary/aromatic N) is 1. The topological polar surface area (TPSA) is 111 Å². The molecule has 3 atom stereocenters. The van der Waals surface area contributed by atoms with Gasteiger partial charge in [-0.05, 0) is 115 Å². The molecule has 1 amide bonds. The Hall–Kier alpha value is -3.33. The minimum absolute atomic E-state index is 0.0246. The molecule has 0 fully saturated rings. The summed E-state index contributed by atoms with van der Waals surface area (Å²) < 4.78 is 30.6. The molecule has 0 aliphatic rings. The van der Waals surface area contributed by atoms with Crippen LogP contribution >= 0.6 is 7.82 Å². The molecule has 0 bridgehead atoms. The van der Waals surface area contributed by atoms with Gasteiger partial charge in [0.1, 0.15) is 19.3 Å². The summed E-state index contributed by atoms with van der Waals surface area (Å²) >= 11 is 0. The van der Waals surface area contributed by atoms with Gasteiger partial charge in [0.15, 0.2) is 0 Å². The number of esters is 1. The molecule has 0 spiro atoms. The summed E-state index contributed by atoms with van der Waals surface area (Å²) in [5.74, 6) is -0.571. The van der Waals surface area contributed by atoms with Gasteiger partial charge in [0, 0.05) is 12.8 Å². The number of allylic oxidation sites excluding steroid dienone is 17. The van der Waals surface area contributed by atoms with Crippen molar-refractivity contribution in [1.82, 2.24) is 5.32 Å². The van der Waals surface area contributed by atoms with E-state index in [4.69, 9.17) is 13.8 Å².